The Kier molecular flexibility index (Phi) is 5.95. The Hall–Kier alpha value is -3.32. The summed E-state index contributed by atoms with van der Waals surface area (Å²) in [6, 6.07) is 11.7. The van der Waals surface area contributed by atoms with Crippen LogP contribution in [-0.4, -0.2) is 45.1 Å². The van der Waals surface area contributed by atoms with Crippen molar-refractivity contribution in [3.63, 3.8) is 0 Å². The second-order valence-corrected chi connectivity index (χ2v) is 8.26. The van der Waals surface area contributed by atoms with E-state index in [0.29, 0.717) is 31.7 Å². The van der Waals surface area contributed by atoms with Crippen LogP contribution in [-0.2, 0) is 11.3 Å². The van der Waals surface area contributed by atoms with Gasteiger partial charge in [-0.25, -0.2) is 4.98 Å². The molecule has 7 nitrogen and oxygen atoms in total. The van der Waals surface area contributed by atoms with Crippen LogP contribution < -0.4 is 10.5 Å². The van der Waals surface area contributed by atoms with Crippen LogP contribution in [0.5, 0.6) is 5.75 Å². The smallest absolute Gasteiger partial charge is 0.306 e. The summed E-state index contributed by atoms with van der Waals surface area (Å²) in [4.78, 5) is 18.4. The molecule has 7 heteroatoms. The van der Waals surface area contributed by atoms with Gasteiger partial charge in [0.2, 0.25) is 0 Å². The van der Waals surface area contributed by atoms with Gasteiger partial charge in [0.25, 0.3) is 0 Å². The van der Waals surface area contributed by atoms with Crippen LogP contribution in [0.2, 0.25) is 0 Å². The number of hydrogen-bond donors (Lipinski definition) is 2. The number of anilines is 1. The van der Waals surface area contributed by atoms with Crippen molar-refractivity contribution in [3.05, 3.63) is 60.4 Å². The highest BCUT2D eigenvalue weighted by molar-refractivity contribution is 5.70. The summed E-state index contributed by atoms with van der Waals surface area (Å²) in [7, 11) is 0. The van der Waals surface area contributed by atoms with E-state index in [-0.39, 0.29) is 5.92 Å². The normalized spacial score (nSPS) is 15.3. The SMILES string of the molecule is C=C(C)COc1ccc(-c2nc3ccc(N)cn3c2CN2CCC(C(=O)O)CC2)cc1. The molecule has 0 bridgehead atoms. The van der Waals surface area contributed by atoms with Gasteiger partial charge in [-0.2, -0.15) is 0 Å². The Balaban J connectivity index is 1.63. The van der Waals surface area contributed by atoms with Crippen LogP contribution in [0, 0.1) is 5.92 Å². The molecule has 1 saturated heterocycles. The Labute approximate surface area is 181 Å². The van der Waals surface area contributed by atoms with Gasteiger partial charge in [0.1, 0.15) is 18.0 Å². The molecule has 3 aromatic rings. The molecule has 3 heterocycles. The minimum absolute atomic E-state index is 0.250. The van der Waals surface area contributed by atoms with E-state index >= 15 is 0 Å². The number of nitrogen functional groups attached to an aromatic ring is 1. The summed E-state index contributed by atoms with van der Waals surface area (Å²) in [6.07, 6.45) is 3.23. The Morgan fingerprint density at radius 1 is 1.23 bits per heavy atom. The number of hydrogen-bond acceptors (Lipinski definition) is 5. The maximum Gasteiger partial charge on any atom is 0.306 e. The van der Waals surface area contributed by atoms with E-state index in [1.807, 2.05) is 53.9 Å². The topological polar surface area (TPSA) is 93.1 Å². The van der Waals surface area contributed by atoms with Crippen molar-refractivity contribution in [2.24, 2.45) is 5.92 Å². The minimum atomic E-state index is -0.697. The lowest BCUT2D eigenvalue weighted by Gasteiger charge is -2.30. The average molecular weight is 421 g/mol. The Morgan fingerprint density at radius 2 is 1.94 bits per heavy atom. The summed E-state index contributed by atoms with van der Waals surface area (Å²) in [5, 5.41) is 9.28. The van der Waals surface area contributed by atoms with Crippen LogP contribution in [0.25, 0.3) is 16.9 Å². The first kappa shape index (κ1) is 20.9. The first-order valence-corrected chi connectivity index (χ1v) is 10.5. The minimum Gasteiger partial charge on any atom is -0.489 e. The van der Waals surface area contributed by atoms with E-state index in [0.717, 1.165) is 47.0 Å². The summed E-state index contributed by atoms with van der Waals surface area (Å²) < 4.78 is 7.76. The van der Waals surface area contributed by atoms with E-state index in [2.05, 4.69) is 11.5 Å². The highest BCUT2D eigenvalue weighted by atomic mass is 16.5. The fourth-order valence-electron chi connectivity index (χ4n) is 3.96. The molecular formula is C24H28N4O3. The molecule has 0 aliphatic carbocycles. The summed E-state index contributed by atoms with van der Waals surface area (Å²) >= 11 is 0. The zero-order valence-corrected chi connectivity index (χ0v) is 17.8. The second-order valence-electron chi connectivity index (χ2n) is 8.26. The number of carboxylic acids is 1. The van der Waals surface area contributed by atoms with E-state index in [1.54, 1.807) is 0 Å². The molecule has 1 aromatic carbocycles. The lowest BCUT2D eigenvalue weighted by atomic mass is 9.97. The number of benzene rings is 1. The first-order valence-electron chi connectivity index (χ1n) is 10.5. The third-order valence-electron chi connectivity index (χ3n) is 5.66. The quantitative estimate of drug-likeness (QED) is 0.564. The van der Waals surface area contributed by atoms with Crippen molar-refractivity contribution in [3.8, 4) is 17.0 Å². The summed E-state index contributed by atoms with van der Waals surface area (Å²) in [5.41, 5.74) is 11.5. The van der Waals surface area contributed by atoms with E-state index in [9.17, 15) is 9.90 Å². The van der Waals surface area contributed by atoms with Gasteiger partial charge in [0, 0.05) is 24.0 Å². The van der Waals surface area contributed by atoms with Gasteiger partial charge in [0.15, 0.2) is 0 Å². The highest BCUT2D eigenvalue weighted by Crippen LogP contribution is 2.29. The Morgan fingerprint density at radius 3 is 2.58 bits per heavy atom. The monoisotopic (exact) mass is 420 g/mol. The van der Waals surface area contributed by atoms with E-state index in [4.69, 9.17) is 15.5 Å². The fourth-order valence-corrected chi connectivity index (χ4v) is 3.96. The number of nitrogens with two attached hydrogens (primary N) is 1. The number of aliphatic carboxylic acids is 1. The predicted molar refractivity (Wildman–Crippen MR) is 121 cm³/mol. The number of ether oxygens (including phenoxy) is 1. The van der Waals surface area contributed by atoms with E-state index < -0.39 is 5.97 Å². The molecule has 0 atom stereocenters. The van der Waals surface area contributed by atoms with Crippen molar-refractivity contribution >= 4 is 17.3 Å². The standard InChI is InChI=1S/C24H28N4O3/c1-16(2)15-31-20-6-3-17(4-7-20)23-21(28-13-19(25)5-8-22(28)26-23)14-27-11-9-18(10-12-27)24(29)30/h3-8,13,18H,1,9-12,14-15,25H2,2H3,(H,29,30). The second kappa shape index (κ2) is 8.81. The fraction of sp³-hybridized carbons (Fsp3) is 0.333. The number of pyridine rings is 1. The van der Waals surface area contributed by atoms with Gasteiger partial charge < -0.3 is 20.0 Å². The van der Waals surface area contributed by atoms with Crippen LogP contribution in [0.3, 0.4) is 0 Å². The molecule has 1 fully saturated rings. The molecule has 1 aliphatic rings. The molecule has 0 radical (unpaired) electrons. The Bertz CT molecular complexity index is 1100. The molecule has 0 unspecified atom stereocenters. The largest absolute Gasteiger partial charge is 0.489 e. The van der Waals surface area contributed by atoms with Gasteiger partial charge in [0.05, 0.1) is 17.3 Å². The molecule has 2 aromatic heterocycles. The van der Waals surface area contributed by atoms with Crippen molar-refractivity contribution in [1.29, 1.82) is 0 Å². The van der Waals surface area contributed by atoms with Crippen molar-refractivity contribution in [2.75, 3.05) is 25.4 Å². The average Bonchev–Trinajstić information content (AvgIpc) is 3.10. The number of aromatic nitrogens is 2. The highest BCUT2D eigenvalue weighted by Gasteiger charge is 2.26. The van der Waals surface area contributed by atoms with Crippen LogP contribution >= 0.6 is 0 Å². The molecule has 0 spiro atoms. The van der Waals surface area contributed by atoms with Crippen LogP contribution in [0.4, 0.5) is 5.69 Å². The summed E-state index contributed by atoms with van der Waals surface area (Å²) in [5.74, 6) is -0.158. The molecule has 4 rings (SSSR count). The number of carboxylic acid groups (broad SMARTS) is 1. The van der Waals surface area contributed by atoms with Crippen molar-refractivity contribution < 1.29 is 14.6 Å². The van der Waals surface area contributed by atoms with Crippen molar-refractivity contribution in [1.82, 2.24) is 14.3 Å². The number of nitrogens with zero attached hydrogens (tertiary/aromatic N) is 3. The number of rotatable bonds is 7. The van der Waals surface area contributed by atoms with Crippen LogP contribution in [0.1, 0.15) is 25.5 Å². The zero-order chi connectivity index (χ0) is 22.0. The zero-order valence-electron chi connectivity index (χ0n) is 17.8. The summed E-state index contributed by atoms with van der Waals surface area (Å²) in [6.45, 7) is 8.47. The van der Waals surface area contributed by atoms with E-state index in [1.165, 1.54) is 0 Å². The van der Waals surface area contributed by atoms with Gasteiger partial charge in [-0.05, 0) is 74.8 Å². The predicted octanol–water partition coefficient (Wildman–Crippen LogP) is 3.84. The molecule has 1 aliphatic heterocycles. The maximum atomic E-state index is 11.3. The number of likely N-dealkylation sites (tertiary alicyclic amines) is 1. The number of piperidine rings is 1. The lowest BCUT2D eigenvalue weighted by Crippen LogP contribution is -2.36. The van der Waals surface area contributed by atoms with Gasteiger partial charge in [-0.1, -0.05) is 6.58 Å². The third kappa shape index (κ3) is 4.72. The number of carbonyl (C=O) groups is 1. The number of fused-ring (bicyclic) bond motifs is 1. The van der Waals surface area contributed by atoms with Gasteiger partial charge in [-0.15, -0.1) is 0 Å². The molecule has 31 heavy (non-hydrogen) atoms. The van der Waals surface area contributed by atoms with Crippen molar-refractivity contribution in [2.45, 2.75) is 26.3 Å². The molecule has 3 N–H and O–H groups in total. The molecule has 162 valence electrons. The van der Waals surface area contributed by atoms with Gasteiger partial charge >= 0.3 is 5.97 Å². The van der Waals surface area contributed by atoms with Gasteiger partial charge in [-0.3, -0.25) is 9.69 Å². The molecular weight excluding hydrogens is 392 g/mol. The molecule has 0 amide bonds. The first-order chi connectivity index (χ1) is 14.9. The third-order valence-corrected chi connectivity index (χ3v) is 5.66. The maximum absolute atomic E-state index is 11.3. The number of imidazole rings is 1. The molecule has 0 saturated carbocycles. The van der Waals surface area contributed by atoms with Crippen LogP contribution in [0.15, 0.2) is 54.7 Å². The lowest BCUT2D eigenvalue weighted by molar-refractivity contribution is -0.143.